The molecule has 0 heterocycles. The number of hydrogen-bond donors (Lipinski definition) is 3. The van der Waals surface area contributed by atoms with Gasteiger partial charge in [0.25, 0.3) is 5.91 Å². The molecule has 30 heavy (non-hydrogen) atoms. The molecule has 3 amide bonds. The van der Waals surface area contributed by atoms with Crippen molar-refractivity contribution >= 4 is 40.9 Å². The Hall–Kier alpha value is -3.84. The molecule has 0 bridgehead atoms. The van der Waals surface area contributed by atoms with Crippen LogP contribution in [0.4, 0.5) is 16.2 Å². The molecule has 7 nitrogen and oxygen atoms in total. The zero-order valence-electron chi connectivity index (χ0n) is 15.7. The van der Waals surface area contributed by atoms with Crippen molar-refractivity contribution in [2.24, 2.45) is 5.73 Å². The van der Waals surface area contributed by atoms with Gasteiger partial charge in [0.2, 0.25) is 5.91 Å². The summed E-state index contributed by atoms with van der Waals surface area (Å²) in [5, 5.41) is 5.46. The first kappa shape index (κ1) is 20.9. The number of halogens is 1. The number of ether oxygens (including phenoxy) is 1. The van der Waals surface area contributed by atoms with E-state index in [-0.39, 0.29) is 22.8 Å². The molecule has 0 spiro atoms. The second-order valence-electron chi connectivity index (χ2n) is 6.31. The van der Waals surface area contributed by atoms with Gasteiger partial charge in [-0.05, 0) is 42.0 Å². The number of benzene rings is 3. The van der Waals surface area contributed by atoms with Gasteiger partial charge in [0.05, 0.1) is 0 Å². The molecule has 0 atom stereocenters. The molecule has 0 aliphatic rings. The average Bonchev–Trinajstić information content (AvgIpc) is 2.72. The van der Waals surface area contributed by atoms with Crippen LogP contribution >= 0.6 is 11.6 Å². The maximum atomic E-state index is 12.6. The fourth-order valence-corrected chi connectivity index (χ4v) is 2.86. The molecule has 8 heteroatoms. The standard InChI is InChI=1S/C22H18ClN3O4/c23-17-9-16(21(28)25-18-8-4-7-15(10-18)20(24)27)11-19(12-17)26-22(29)30-13-14-5-2-1-3-6-14/h1-12H,13H2,(H2,24,27)(H,25,28)(H,26,29). The Balaban J connectivity index is 1.66. The Kier molecular flexibility index (Phi) is 6.67. The minimum absolute atomic E-state index is 0.108. The molecule has 3 aromatic carbocycles. The van der Waals surface area contributed by atoms with Gasteiger partial charge >= 0.3 is 6.09 Å². The molecule has 0 saturated carbocycles. The van der Waals surface area contributed by atoms with Gasteiger partial charge in [0.15, 0.2) is 0 Å². The number of primary amides is 1. The fraction of sp³-hybridized carbons (Fsp3) is 0.0455. The highest BCUT2D eigenvalue weighted by Crippen LogP contribution is 2.21. The van der Waals surface area contributed by atoms with Gasteiger partial charge in [-0.15, -0.1) is 0 Å². The van der Waals surface area contributed by atoms with E-state index >= 15 is 0 Å². The normalized spacial score (nSPS) is 10.2. The van der Waals surface area contributed by atoms with Crippen molar-refractivity contribution in [1.82, 2.24) is 0 Å². The summed E-state index contributed by atoms with van der Waals surface area (Å²) < 4.78 is 5.17. The number of nitrogens with two attached hydrogens (primary N) is 1. The van der Waals surface area contributed by atoms with E-state index in [0.717, 1.165) is 5.56 Å². The molecule has 3 aromatic rings. The monoisotopic (exact) mass is 423 g/mol. The van der Waals surface area contributed by atoms with Crippen LogP contribution in [0.1, 0.15) is 26.3 Å². The molecule has 152 valence electrons. The molecule has 0 saturated heterocycles. The van der Waals surface area contributed by atoms with Crippen LogP contribution in [0.2, 0.25) is 5.02 Å². The first-order chi connectivity index (χ1) is 14.4. The summed E-state index contributed by atoms with van der Waals surface area (Å²) in [4.78, 5) is 35.9. The summed E-state index contributed by atoms with van der Waals surface area (Å²) in [7, 11) is 0. The summed E-state index contributed by atoms with van der Waals surface area (Å²) in [6.07, 6.45) is -0.679. The van der Waals surface area contributed by atoms with E-state index in [0.29, 0.717) is 11.4 Å². The quantitative estimate of drug-likeness (QED) is 0.544. The van der Waals surface area contributed by atoms with Crippen molar-refractivity contribution < 1.29 is 19.1 Å². The second kappa shape index (κ2) is 9.58. The molecule has 4 N–H and O–H groups in total. The summed E-state index contributed by atoms with van der Waals surface area (Å²) in [5.74, 6) is -1.07. The molecule has 0 aromatic heterocycles. The molecule has 3 rings (SSSR count). The molecular weight excluding hydrogens is 406 g/mol. The lowest BCUT2D eigenvalue weighted by Gasteiger charge is -2.10. The van der Waals surface area contributed by atoms with Crippen LogP contribution in [0, 0.1) is 0 Å². The van der Waals surface area contributed by atoms with E-state index in [2.05, 4.69) is 10.6 Å². The van der Waals surface area contributed by atoms with Crippen LogP contribution in [-0.2, 0) is 11.3 Å². The van der Waals surface area contributed by atoms with Crippen molar-refractivity contribution in [2.75, 3.05) is 10.6 Å². The minimum Gasteiger partial charge on any atom is -0.444 e. The van der Waals surface area contributed by atoms with Crippen LogP contribution in [0.5, 0.6) is 0 Å². The SMILES string of the molecule is NC(=O)c1cccc(NC(=O)c2cc(Cl)cc(NC(=O)OCc3ccccc3)c2)c1. The van der Waals surface area contributed by atoms with Crippen molar-refractivity contribution in [2.45, 2.75) is 6.61 Å². The number of anilines is 2. The van der Waals surface area contributed by atoms with Gasteiger partial charge in [0, 0.05) is 27.5 Å². The third-order valence-electron chi connectivity index (χ3n) is 4.02. The van der Waals surface area contributed by atoms with Crippen LogP contribution in [0.3, 0.4) is 0 Å². The Morgan fingerprint density at radius 3 is 2.30 bits per heavy atom. The zero-order chi connectivity index (χ0) is 21.5. The van der Waals surface area contributed by atoms with E-state index in [9.17, 15) is 14.4 Å². The van der Waals surface area contributed by atoms with Crippen molar-refractivity contribution in [1.29, 1.82) is 0 Å². The lowest BCUT2D eigenvalue weighted by molar-refractivity contribution is 0.0996. The third-order valence-corrected chi connectivity index (χ3v) is 4.24. The largest absolute Gasteiger partial charge is 0.444 e. The van der Waals surface area contributed by atoms with E-state index in [1.807, 2.05) is 30.3 Å². The summed E-state index contributed by atoms with van der Waals surface area (Å²) >= 11 is 6.09. The Morgan fingerprint density at radius 2 is 1.57 bits per heavy atom. The number of carbonyl (C=O) groups excluding carboxylic acids is 3. The number of amides is 3. The first-order valence-corrected chi connectivity index (χ1v) is 9.28. The molecule has 0 aliphatic heterocycles. The predicted octanol–water partition coefficient (Wildman–Crippen LogP) is 4.44. The van der Waals surface area contributed by atoms with Crippen molar-refractivity contribution in [3.05, 3.63) is 94.5 Å². The molecular formula is C22H18ClN3O4. The highest BCUT2D eigenvalue weighted by molar-refractivity contribution is 6.31. The van der Waals surface area contributed by atoms with Crippen LogP contribution in [0.25, 0.3) is 0 Å². The van der Waals surface area contributed by atoms with Crippen LogP contribution < -0.4 is 16.4 Å². The molecule has 0 aliphatic carbocycles. The van der Waals surface area contributed by atoms with Gasteiger partial charge in [-0.25, -0.2) is 4.79 Å². The van der Waals surface area contributed by atoms with E-state index in [1.165, 1.54) is 24.3 Å². The lowest BCUT2D eigenvalue weighted by atomic mass is 10.1. The topological polar surface area (TPSA) is 111 Å². The molecule has 0 unspecified atom stereocenters. The minimum atomic E-state index is -0.679. The van der Waals surface area contributed by atoms with E-state index in [4.69, 9.17) is 22.1 Å². The number of rotatable bonds is 6. The number of nitrogens with one attached hydrogen (secondary N) is 2. The lowest BCUT2D eigenvalue weighted by Crippen LogP contribution is -2.16. The Morgan fingerprint density at radius 1 is 0.833 bits per heavy atom. The maximum Gasteiger partial charge on any atom is 0.411 e. The predicted molar refractivity (Wildman–Crippen MR) is 115 cm³/mol. The van der Waals surface area contributed by atoms with Crippen molar-refractivity contribution in [3.63, 3.8) is 0 Å². The van der Waals surface area contributed by atoms with E-state index in [1.54, 1.807) is 18.2 Å². The first-order valence-electron chi connectivity index (χ1n) is 8.90. The Bertz CT molecular complexity index is 1090. The number of hydrogen-bond acceptors (Lipinski definition) is 4. The maximum absolute atomic E-state index is 12.6. The van der Waals surface area contributed by atoms with Gasteiger partial charge in [-0.3, -0.25) is 14.9 Å². The highest BCUT2D eigenvalue weighted by Gasteiger charge is 2.12. The second-order valence-corrected chi connectivity index (χ2v) is 6.75. The fourth-order valence-electron chi connectivity index (χ4n) is 2.62. The Labute approximate surface area is 177 Å². The summed E-state index contributed by atoms with van der Waals surface area (Å²) in [5.41, 5.74) is 7.27. The average molecular weight is 424 g/mol. The van der Waals surface area contributed by atoms with Gasteiger partial charge in [-0.2, -0.15) is 0 Å². The van der Waals surface area contributed by atoms with Gasteiger partial charge in [0.1, 0.15) is 6.61 Å². The van der Waals surface area contributed by atoms with E-state index < -0.39 is 17.9 Å². The molecule has 0 radical (unpaired) electrons. The van der Waals surface area contributed by atoms with Crippen LogP contribution in [0.15, 0.2) is 72.8 Å². The highest BCUT2D eigenvalue weighted by atomic mass is 35.5. The number of carbonyl (C=O) groups is 3. The van der Waals surface area contributed by atoms with Crippen molar-refractivity contribution in [3.8, 4) is 0 Å². The smallest absolute Gasteiger partial charge is 0.411 e. The van der Waals surface area contributed by atoms with Gasteiger partial charge < -0.3 is 15.8 Å². The van der Waals surface area contributed by atoms with Gasteiger partial charge in [-0.1, -0.05) is 48.0 Å². The summed E-state index contributed by atoms with van der Waals surface area (Å²) in [6, 6.07) is 19.9. The summed E-state index contributed by atoms with van der Waals surface area (Å²) in [6.45, 7) is 0.108. The molecule has 0 fully saturated rings. The van der Waals surface area contributed by atoms with Crippen LogP contribution in [-0.4, -0.2) is 17.9 Å². The zero-order valence-corrected chi connectivity index (χ0v) is 16.5. The third kappa shape index (κ3) is 5.83.